The maximum atomic E-state index is 13.3. The Kier molecular flexibility index (Phi) is 5.43. The summed E-state index contributed by atoms with van der Waals surface area (Å²) in [6.45, 7) is 4.93. The zero-order valence-corrected chi connectivity index (χ0v) is 17.9. The molecule has 1 N–H and O–H groups in total. The van der Waals surface area contributed by atoms with Crippen LogP contribution in [0.4, 0.5) is 14.9 Å². The van der Waals surface area contributed by atoms with Crippen LogP contribution in [0.15, 0.2) is 48.7 Å². The first-order valence-electron chi connectivity index (χ1n) is 10.8. The van der Waals surface area contributed by atoms with Crippen molar-refractivity contribution in [2.75, 3.05) is 31.6 Å². The van der Waals surface area contributed by atoms with E-state index in [0.717, 1.165) is 23.5 Å². The molecule has 1 unspecified atom stereocenters. The number of rotatable bonds is 4. The molecule has 5 rings (SSSR count). The number of nitrogens with zero attached hydrogens (tertiary/aromatic N) is 3. The summed E-state index contributed by atoms with van der Waals surface area (Å²) in [5.74, 6) is 2.20. The second-order valence-corrected chi connectivity index (χ2v) is 8.19. The lowest BCUT2D eigenvalue weighted by molar-refractivity contribution is 0.171. The third-order valence-corrected chi connectivity index (χ3v) is 5.97. The van der Waals surface area contributed by atoms with Crippen LogP contribution in [0.3, 0.4) is 0 Å². The van der Waals surface area contributed by atoms with Gasteiger partial charge in [-0.1, -0.05) is 12.1 Å². The number of hydrogen-bond donors (Lipinski definition) is 1. The van der Waals surface area contributed by atoms with Crippen LogP contribution in [0.5, 0.6) is 11.5 Å². The highest BCUT2D eigenvalue weighted by molar-refractivity contribution is 5.90. The molecule has 1 fully saturated rings. The summed E-state index contributed by atoms with van der Waals surface area (Å²) in [6, 6.07) is 11.8. The molecule has 1 atom stereocenters. The molecule has 2 aliphatic heterocycles. The van der Waals surface area contributed by atoms with E-state index in [2.05, 4.69) is 14.9 Å². The fourth-order valence-electron chi connectivity index (χ4n) is 4.26. The van der Waals surface area contributed by atoms with E-state index < -0.39 is 0 Å². The molecular formula is C24H25FN4O3. The fourth-order valence-corrected chi connectivity index (χ4v) is 4.26. The average Bonchev–Trinajstić information content (AvgIpc) is 3.43. The van der Waals surface area contributed by atoms with Gasteiger partial charge in [0.1, 0.15) is 24.9 Å². The Balaban J connectivity index is 1.25. The van der Waals surface area contributed by atoms with Crippen LogP contribution in [0, 0.1) is 12.7 Å². The third-order valence-electron chi connectivity index (χ3n) is 5.97. The van der Waals surface area contributed by atoms with Crippen molar-refractivity contribution >= 4 is 11.7 Å². The van der Waals surface area contributed by atoms with Crippen molar-refractivity contribution in [2.45, 2.75) is 25.8 Å². The highest BCUT2D eigenvalue weighted by Gasteiger charge is 2.30. The normalized spacial score (nSPS) is 17.4. The summed E-state index contributed by atoms with van der Waals surface area (Å²) < 4.78 is 26.5. The Hall–Kier alpha value is -3.55. The number of aryl methyl sites for hydroxylation is 1. The van der Waals surface area contributed by atoms with Gasteiger partial charge in [0.05, 0.1) is 0 Å². The van der Waals surface area contributed by atoms with Gasteiger partial charge in [-0.3, -0.25) is 0 Å². The maximum absolute atomic E-state index is 13.3. The second kappa shape index (κ2) is 8.53. The van der Waals surface area contributed by atoms with Crippen LogP contribution in [-0.4, -0.2) is 46.8 Å². The fraction of sp³-hybridized carbons (Fsp3) is 0.333. The van der Waals surface area contributed by atoms with Gasteiger partial charge in [-0.15, -0.1) is 0 Å². The molecule has 2 aliphatic rings. The molecule has 8 heteroatoms. The number of halogens is 1. The first-order chi connectivity index (χ1) is 15.6. The monoisotopic (exact) mass is 436 g/mol. The molecule has 2 amide bonds. The van der Waals surface area contributed by atoms with E-state index in [9.17, 15) is 9.18 Å². The standard InChI is InChI=1S/C24H25FN4O3/c1-16-13-26-23(29(16)14-17-2-4-19(25)5-3-17)18-8-9-28(15-18)24(30)27-20-6-7-21-22(12-20)32-11-10-31-21/h2-7,12-13,18H,8-11,14-15H2,1H3,(H,27,30). The van der Waals surface area contributed by atoms with Crippen molar-refractivity contribution in [3.05, 3.63) is 71.6 Å². The number of aromatic nitrogens is 2. The number of amides is 2. The summed E-state index contributed by atoms with van der Waals surface area (Å²) in [5, 5.41) is 2.96. The van der Waals surface area contributed by atoms with E-state index in [-0.39, 0.29) is 17.8 Å². The molecule has 0 radical (unpaired) electrons. The molecule has 1 saturated heterocycles. The molecule has 0 bridgehead atoms. The Labute approximate surface area is 185 Å². The third kappa shape index (κ3) is 4.12. The Bertz CT molecular complexity index is 1130. The van der Waals surface area contributed by atoms with Gasteiger partial charge in [0.15, 0.2) is 11.5 Å². The van der Waals surface area contributed by atoms with Gasteiger partial charge in [0, 0.05) is 49.2 Å². The van der Waals surface area contributed by atoms with Gasteiger partial charge in [0.2, 0.25) is 0 Å². The van der Waals surface area contributed by atoms with Gasteiger partial charge >= 0.3 is 6.03 Å². The lowest BCUT2D eigenvalue weighted by Crippen LogP contribution is -2.33. The van der Waals surface area contributed by atoms with E-state index in [4.69, 9.17) is 9.47 Å². The molecule has 3 aromatic rings. The first kappa shape index (κ1) is 20.4. The second-order valence-electron chi connectivity index (χ2n) is 8.19. The number of nitrogens with one attached hydrogen (secondary N) is 1. The minimum absolute atomic E-state index is 0.141. The highest BCUT2D eigenvalue weighted by Crippen LogP contribution is 2.33. The smallest absolute Gasteiger partial charge is 0.321 e. The molecule has 1 aromatic heterocycles. The quantitative estimate of drug-likeness (QED) is 0.667. The summed E-state index contributed by atoms with van der Waals surface area (Å²) in [7, 11) is 0. The van der Waals surface area contributed by atoms with Crippen LogP contribution in [0.2, 0.25) is 0 Å². The minimum atomic E-state index is -0.244. The maximum Gasteiger partial charge on any atom is 0.321 e. The number of ether oxygens (including phenoxy) is 2. The van der Waals surface area contributed by atoms with Gasteiger partial charge in [-0.2, -0.15) is 0 Å². The Morgan fingerprint density at radius 1 is 1.16 bits per heavy atom. The summed E-state index contributed by atoms with van der Waals surface area (Å²) in [5.41, 5.74) is 2.74. The van der Waals surface area contributed by atoms with Crippen LogP contribution in [0.25, 0.3) is 0 Å². The number of carbonyl (C=O) groups is 1. The highest BCUT2D eigenvalue weighted by atomic mass is 19.1. The topological polar surface area (TPSA) is 68.6 Å². The molecule has 32 heavy (non-hydrogen) atoms. The molecule has 0 spiro atoms. The predicted octanol–water partition coefficient (Wildman–Crippen LogP) is 4.17. The van der Waals surface area contributed by atoms with Gasteiger partial charge in [0.25, 0.3) is 0 Å². The van der Waals surface area contributed by atoms with E-state index in [0.29, 0.717) is 50.0 Å². The number of fused-ring (bicyclic) bond motifs is 1. The van der Waals surface area contributed by atoms with Gasteiger partial charge < -0.3 is 24.3 Å². The van der Waals surface area contributed by atoms with E-state index >= 15 is 0 Å². The van der Waals surface area contributed by atoms with Crippen LogP contribution < -0.4 is 14.8 Å². The van der Waals surface area contributed by atoms with Crippen LogP contribution in [-0.2, 0) is 6.54 Å². The largest absolute Gasteiger partial charge is 0.486 e. The number of urea groups is 1. The van der Waals surface area contributed by atoms with Gasteiger partial charge in [-0.25, -0.2) is 14.2 Å². The van der Waals surface area contributed by atoms with Crippen molar-refractivity contribution < 1.29 is 18.7 Å². The Morgan fingerprint density at radius 2 is 1.94 bits per heavy atom. The molecule has 0 saturated carbocycles. The molecule has 7 nitrogen and oxygen atoms in total. The van der Waals surface area contributed by atoms with Gasteiger partial charge in [-0.05, 0) is 43.2 Å². The minimum Gasteiger partial charge on any atom is -0.486 e. The van der Waals surface area contributed by atoms with Crippen molar-refractivity contribution in [2.24, 2.45) is 0 Å². The van der Waals surface area contributed by atoms with Crippen LogP contribution in [0.1, 0.15) is 29.4 Å². The summed E-state index contributed by atoms with van der Waals surface area (Å²) in [4.78, 5) is 19.3. The molecular weight excluding hydrogens is 411 g/mol. The SMILES string of the molecule is Cc1cnc(C2CCN(C(=O)Nc3ccc4c(c3)OCCO4)C2)n1Cc1ccc(F)cc1. The summed E-state index contributed by atoms with van der Waals surface area (Å²) in [6.07, 6.45) is 2.70. The number of likely N-dealkylation sites (tertiary alicyclic amines) is 1. The number of imidazole rings is 1. The van der Waals surface area contributed by atoms with Crippen molar-refractivity contribution in [1.82, 2.24) is 14.5 Å². The lowest BCUT2D eigenvalue weighted by Gasteiger charge is -2.21. The molecule has 3 heterocycles. The van der Waals surface area contributed by atoms with Crippen molar-refractivity contribution in [3.63, 3.8) is 0 Å². The predicted molar refractivity (Wildman–Crippen MR) is 118 cm³/mol. The first-order valence-corrected chi connectivity index (χ1v) is 10.8. The summed E-state index contributed by atoms with van der Waals surface area (Å²) >= 11 is 0. The van der Waals surface area contributed by atoms with Crippen LogP contribution >= 0.6 is 0 Å². The zero-order chi connectivity index (χ0) is 22.1. The van der Waals surface area contributed by atoms with Crippen molar-refractivity contribution in [3.8, 4) is 11.5 Å². The number of benzene rings is 2. The van der Waals surface area contributed by atoms with E-state index in [1.165, 1.54) is 12.1 Å². The zero-order valence-electron chi connectivity index (χ0n) is 17.9. The number of carbonyl (C=O) groups excluding carboxylic acids is 1. The Morgan fingerprint density at radius 3 is 2.75 bits per heavy atom. The van der Waals surface area contributed by atoms with Crippen molar-refractivity contribution in [1.29, 1.82) is 0 Å². The average molecular weight is 436 g/mol. The van der Waals surface area contributed by atoms with E-state index in [1.54, 1.807) is 18.2 Å². The van der Waals surface area contributed by atoms with E-state index in [1.807, 2.05) is 30.2 Å². The lowest BCUT2D eigenvalue weighted by atomic mass is 10.1. The number of hydrogen-bond acceptors (Lipinski definition) is 4. The molecule has 166 valence electrons. The molecule has 0 aliphatic carbocycles. The molecule has 2 aromatic carbocycles. The number of anilines is 1.